The Bertz CT molecular complexity index is 534. The summed E-state index contributed by atoms with van der Waals surface area (Å²) < 4.78 is 5.05. The van der Waals surface area contributed by atoms with E-state index in [9.17, 15) is 4.79 Å². The molecule has 0 saturated heterocycles. The van der Waals surface area contributed by atoms with Crippen LogP contribution in [0.4, 0.5) is 0 Å². The van der Waals surface area contributed by atoms with E-state index in [-0.39, 0.29) is 5.97 Å². The molecule has 1 aromatic rings. The fourth-order valence-electron chi connectivity index (χ4n) is 1.99. The second kappa shape index (κ2) is 8.16. The molecule has 0 aromatic heterocycles. The Balaban J connectivity index is 2.92. The van der Waals surface area contributed by atoms with E-state index >= 15 is 0 Å². The zero-order valence-corrected chi connectivity index (χ0v) is 12.6. The van der Waals surface area contributed by atoms with Crippen LogP contribution in [-0.4, -0.2) is 12.6 Å². The van der Waals surface area contributed by atoms with Gasteiger partial charge in [0, 0.05) is 0 Å². The number of carbonyl (C=O) groups is 1. The smallest absolute Gasteiger partial charge is 0.338 e. The Labute approximate surface area is 121 Å². The van der Waals surface area contributed by atoms with Crippen molar-refractivity contribution >= 4 is 12.0 Å². The molecule has 0 N–H and O–H groups in total. The highest BCUT2D eigenvalue weighted by Gasteiger charge is 2.10. The molecule has 106 valence electrons. The van der Waals surface area contributed by atoms with Gasteiger partial charge in [0.25, 0.3) is 0 Å². The number of ether oxygens (including phenoxy) is 1. The molecule has 0 bridgehead atoms. The quantitative estimate of drug-likeness (QED) is 0.446. The molecule has 0 spiro atoms. The van der Waals surface area contributed by atoms with Gasteiger partial charge in [-0.15, -0.1) is 0 Å². The van der Waals surface area contributed by atoms with E-state index in [0.29, 0.717) is 12.2 Å². The van der Waals surface area contributed by atoms with Gasteiger partial charge >= 0.3 is 5.97 Å². The van der Waals surface area contributed by atoms with Crippen LogP contribution in [0.3, 0.4) is 0 Å². The van der Waals surface area contributed by atoms with Crippen LogP contribution in [0.2, 0.25) is 0 Å². The number of carbonyl (C=O) groups excluding carboxylic acids is 1. The maximum atomic E-state index is 11.8. The van der Waals surface area contributed by atoms with Crippen LogP contribution in [0.25, 0.3) is 6.08 Å². The van der Waals surface area contributed by atoms with Gasteiger partial charge in [0.15, 0.2) is 0 Å². The van der Waals surface area contributed by atoms with Gasteiger partial charge < -0.3 is 4.74 Å². The average Bonchev–Trinajstić information content (AvgIpc) is 2.40. The lowest BCUT2D eigenvalue weighted by Crippen LogP contribution is -2.08. The SMILES string of the molecule is C\C=C(C(=O)OCC)/C(C)=C/C(C)=C/c1ccccc1. The van der Waals surface area contributed by atoms with E-state index in [2.05, 4.69) is 18.2 Å². The van der Waals surface area contributed by atoms with Gasteiger partial charge in [-0.1, -0.05) is 54.1 Å². The zero-order valence-electron chi connectivity index (χ0n) is 12.6. The third kappa shape index (κ3) is 4.88. The molecule has 1 aromatic carbocycles. The number of esters is 1. The topological polar surface area (TPSA) is 26.3 Å². The van der Waals surface area contributed by atoms with Crippen molar-refractivity contribution in [3.8, 4) is 0 Å². The van der Waals surface area contributed by atoms with E-state index in [4.69, 9.17) is 4.74 Å². The van der Waals surface area contributed by atoms with E-state index in [1.807, 2.05) is 52.0 Å². The Morgan fingerprint density at radius 3 is 2.40 bits per heavy atom. The summed E-state index contributed by atoms with van der Waals surface area (Å²) in [6, 6.07) is 10.1. The van der Waals surface area contributed by atoms with Crippen LogP contribution in [0.15, 0.2) is 59.2 Å². The van der Waals surface area contributed by atoms with E-state index in [1.165, 1.54) is 0 Å². The molecule has 0 aliphatic rings. The van der Waals surface area contributed by atoms with Crippen LogP contribution in [0, 0.1) is 0 Å². The molecule has 0 aliphatic heterocycles. The van der Waals surface area contributed by atoms with E-state index < -0.39 is 0 Å². The minimum Gasteiger partial charge on any atom is -0.462 e. The molecule has 0 unspecified atom stereocenters. The molecular weight excluding hydrogens is 248 g/mol. The lowest BCUT2D eigenvalue weighted by molar-refractivity contribution is -0.138. The predicted molar refractivity (Wildman–Crippen MR) is 84.2 cm³/mol. The summed E-state index contributed by atoms with van der Waals surface area (Å²) in [5.41, 5.74) is 3.77. The fraction of sp³-hybridized carbons (Fsp3) is 0.278. The highest BCUT2D eigenvalue weighted by atomic mass is 16.5. The van der Waals surface area contributed by atoms with E-state index in [1.54, 1.807) is 6.08 Å². The van der Waals surface area contributed by atoms with Gasteiger partial charge in [0.1, 0.15) is 0 Å². The maximum absolute atomic E-state index is 11.8. The Morgan fingerprint density at radius 2 is 1.85 bits per heavy atom. The predicted octanol–water partition coefficient (Wildman–Crippen LogP) is 4.55. The van der Waals surface area contributed by atoms with Crippen LogP contribution >= 0.6 is 0 Å². The molecule has 1 rings (SSSR count). The molecule has 0 atom stereocenters. The average molecular weight is 270 g/mol. The van der Waals surface area contributed by atoms with Crippen molar-refractivity contribution in [2.75, 3.05) is 6.61 Å². The maximum Gasteiger partial charge on any atom is 0.338 e. The second-order valence-corrected chi connectivity index (χ2v) is 4.55. The monoisotopic (exact) mass is 270 g/mol. The molecule has 0 saturated carbocycles. The summed E-state index contributed by atoms with van der Waals surface area (Å²) in [7, 11) is 0. The van der Waals surface area contributed by atoms with Gasteiger partial charge in [0.2, 0.25) is 0 Å². The largest absolute Gasteiger partial charge is 0.462 e. The summed E-state index contributed by atoms with van der Waals surface area (Å²) in [6.07, 6.45) is 5.88. The summed E-state index contributed by atoms with van der Waals surface area (Å²) in [5.74, 6) is -0.267. The van der Waals surface area contributed by atoms with Crippen LogP contribution in [-0.2, 0) is 9.53 Å². The summed E-state index contributed by atoms with van der Waals surface area (Å²) in [4.78, 5) is 11.8. The van der Waals surface area contributed by atoms with Crippen molar-refractivity contribution in [2.45, 2.75) is 27.7 Å². The van der Waals surface area contributed by atoms with Crippen molar-refractivity contribution in [1.29, 1.82) is 0 Å². The molecule has 2 nitrogen and oxygen atoms in total. The second-order valence-electron chi connectivity index (χ2n) is 4.55. The lowest BCUT2D eigenvalue weighted by Gasteiger charge is -2.07. The van der Waals surface area contributed by atoms with Crippen molar-refractivity contribution in [3.63, 3.8) is 0 Å². The molecule has 2 heteroatoms. The Kier molecular flexibility index (Phi) is 6.51. The molecule has 0 fully saturated rings. The van der Waals surface area contributed by atoms with Crippen molar-refractivity contribution in [2.24, 2.45) is 0 Å². The standard InChI is InChI=1S/C18H22O2/c1-5-17(18(19)20-6-2)15(4)12-14(3)13-16-10-8-7-9-11-16/h5,7-13H,6H2,1-4H3/b14-13+,15-12+,17-5+. The Hall–Kier alpha value is -2.09. The first-order valence-corrected chi connectivity index (χ1v) is 6.84. The number of allylic oxidation sites excluding steroid dienone is 3. The molecule has 0 radical (unpaired) electrons. The fourth-order valence-corrected chi connectivity index (χ4v) is 1.99. The number of rotatable bonds is 5. The van der Waals surface area contributed by atoms with Crippen LogP contribution in [0.5, 0.6) is 0 Å². The van der Waals surface area contributed by atoms with E-state index in [0.717, 1.165) is 16.7 Å². The molecule has 0 amide bonds. The molecule has 0 heterocycles. The third-order valence-corrected chi connectivity index (χ3v) is 2.85. The van der Waals surface area contributed by atoms with Crippen LogP contribution in [0.1, 0.15) is 33.3 Å². The first-order chi connectivity index (χ1) is 9.58. The van der Waals surface area contributed by atoms with Gasteiger partial charge in [-0.2, -0.15) is 0 Å². The van der Waals surface area contributed by atoms with Gasteiger partial charge in [-0.3, -0.25) is 0 Å². The van der Waals surface area contributed by atoms with Crippen molar-refractivity contribution in [3.05, 3.63) is 64.8 Å². The van der Waals surface area contributed by atoms with Gasteiger partial charge in [-0.25, -0.2) is 4.79 Å². The minimum atomic E-state index is -0.267. The molecular formula is C18H22O2. The zero-order chi connectivity index (χ0) is 15.0. The van der Waals surface area contributed by atoms with Gasteiger partial charge in [0.05, 0.1) is 12.2 Å². The normalized spacial score (nSPS) is 13.3. The molecule has 20 heavy (non-hydrogen) atoms. The summed E-state index contributed by atoms with van der Waals surface area (Å²) >= 11 is 0. The highest BCUT2D eigenvalue weighted by molar-refractivity contribution is 5.93. The molecule has 0 aliphatic carbocycles. The minimum absolute atomic E-state index is 0.267. The highest BCUT2D eigenvalue weighted by Crippen LogP contribution is 2.16. The Morgan fingerprint density at radius 1 is 1.20 bits per heavy atom. The van der Waals surface area contributed by atoms with Crippen LogP contribution < -0.4 is 0 Å². The first-order valence-electron chi connectivity index (χ1n) is 6.84. The summed E-state index contributed by atoms with van der Waals surface area (Å²) in [6.45, 7) is 8.00. The van der Waals surface area contributed by atoms with Crippen molar-refractivity contribution < 1.29 is 9.53 Å². The lowest BCUT2D eigenvalue weighted by atomic mass is 10.0. The number of benzene rings is 1. The first kappa shape index (κ1) is 16.0. The third-order valence-electron chi connectivity index (χ3n) is 2.85. The van der Waals surface area contributed by atoms with Crippen molar-refractivity contribution in [1.82, 2.24) is 0 Å². The number of hydrogen-bond donors (Lipinski definition) is 0. The number of hydrogen-bond acceptors (Lipinski definition) is 2. The van der Waals surface area contributed by atoms with Gasteiger partial charge in [-0.05, 0) is 38.8 Å². The summed E-state index contributed by atoms with van der Waals surface area (Å²) in [5, 5.41) is 0.